The van der Waals surface area contributed by atoms with Gasteiger partial charge in [-0.1, -0.05) is 0 Å². The van der Waals surface area contributed by atoms with Gasteiger partial charge < -0.3 is 9.73 Å². The second-order valence-corrected chi connectivity index (χ2v) is 4.96. The van der Waals surface area contributed by atoms with Crippen molar-refractivity contribution in [3.05, 3.63) is 24.2 Å². The normalized spacial score (nSPS) is 25.4. The zero-order valence-corrected chi connectivity index (χ0v) is 9.55. The molecule has 4 heteroatoms. The highest BCUT2D eigenvalue weighted by atomic mass is 32.2. The number of nitrogens with one attached hydrogen (secondary N) is 1. The molecular formula is C11H15NO2S. The SMILES string of the molecule is CSC1CCC(NC(=O)c2ccco2)C1. The molecule has 1 heterocycles. The van der Waals surface area contributed by atoms with Crippen molar-refractivity contribution >= 4 is 17.7 Å². The van der Waals surface area contributed by atoms with Crippen LogP contribution in [0.3, 0.4) is 0 Å². The first-order chi connectivity index (χ1) is 7.29. The monoisotopic (exact) mass is 225 g/mol. The smallest absolute Gasteiger partial charge is 0.287 e. The van der Waals surface area contributed by atoms with E-state index in [1.807, 2.05) is 11.8 Å². The summed E-state index contributed by atoms with van der Waals surface area (Å²) in [4.78, 5) is 11.6. The van der Waals surface area contributed by atoms with Crippen molar-refractivity contribution in [2.45, 2.75) is 30.6 Å². The first kappa shape index (κ1) is 10.6. The number of amides is 1. The Kier molecular flexibility index (Phi) is 3.36. The van der Waals surface area contributed by atoms with Gasteiger partial charge >= 0.3 is 0 Å². The highest BCUT2D eigenvalue weighted by molar-refractivity contribution is 7.99. The molecule has 2 atom stereocenters. The third kappa shape index (κ3) is 2.56. The van der Waals surface area contributed by atoms with Crippen LogP contribution in [-0.2, 0) is 0 Å². The minimum absolute atomic E-state index is 0.0910. The van der Waals surface area contributed by atoms with Crippen LogP contribution in [0.1, 0.15) is 29.8 Å². The highest BCUT2D eigenvalue weighted by Crippen LogP contribution is 2.28. The van der Waals surface area contributed by atoms with Crippen LogP contribution in [0.25, 0.3) is 0 Å². The summed E-state index contributed by atoms with van der Waals surface area (Å²) in [6, 6.07) is 3.74. The summed E-state index contributed by atoms with van der Waals surface area (Å²) in [5.74, 6) is 0.314. The zero-order chi connectivity index (χ0) is 10.7. The number of furan rings is 1. The fourth-order valence-electron chi connectivity index (χ4n) is 1.95. The van der Waals surface area contributed by atoms with E-state index in [1.54, 1.807) is 12.1 Å². The largest absolute Gasteiger partial charge is 0.459 e. The number of carbonyl (C=O) groups excluding carboxylic acids is 1. The van der Waals surface area contributed by atoms with Crippen molar-refractivity contribution in [2.75, 3.05) is 6.26 Å². The van der Waals surface area contributed by atoms with Crippen LogP contribution in [-0.4, -0.2) is 23.5 Å². The van der Waals surface area contributed by atoms with Crippen LogP contribution in [0.15, 0.2) is 22.8 Å². The lowest BCUT2D eigenvalue weighted by molar-refractivity contribution is 0.0910. The van der Waals surface area contributed by atoms with Crippen molar-refractivity contribution < 1.29 is 9.21 Å². The lowest BCUT2D eigenvalue weighted by Crippen LogP contribution is -2.32. The minimum atomic E-state index is -0.0910. The van der Waals surface area contributed by atoms with Gasteiger partial charge in [0.15, 0.2) is 5.76 Å². The van der Waals surface area contributed by atoms with Gasteiger partial charge in [0, 0.05) is 11.3 Å². The van der Waals surface area contributed by atoms with Gasteiger partial charge in [-0.3, -0.25) is 4.79 Å². The van der Waals surface area contributed by atoms with Crippen molar-refractivity contribution in [1.82, 2.24) is 5.32 Å². The van der Waals surface area contributed by atoms with Gasteiger partial charge in [0.05, 0.1) is 6.26 Å². The Bertz CT molecular complexity index is 323. The lowest BCUT2D eigenvalue weighted by atomic mass is 10.2. The Labute approximate surface area is 93.6 Å². The van der Waals surface area contributed by atoms with Gasteiger partial charge in [-0.05, 0) is 37.7 Å². The summed E-state index contributed by atoms with van der Waals surface area (Å²) in [5.41, 5.74) is 0. The van der Waals surface area contributed by atoms with E-state index in [2.05, 4.69) is 11.6 Å². The standard InChI is InChI=1S/C11H15NO2S/c1-15-9-5-4-8(7-9)12-11(13)10-3-2-6-14-10/h2-3,6,8-9H,4-5,7H2,1H3,(H,12,13). The second kappa shape index (κ2) is 4.75. The maximum atomic E-state index is 11.6. The number of hydrogen-bond donors (Lipinski definition) is 1. The molecular weight excluding hydrogens is 210 g/mol. The summed E-state index contributed by atoms with van der Waals surface area (Å²) in [7, 11) is 0. The van der Waals surface area contributed by atoms with Gasteiger partial charge in [0.1, 0.15) is 0 Å². The number of thioether (sulfide) groups is 1. The second-order valence-electron chi connectivity index (χ2n) is 3.82. The molecule has 1 saturated carbocycles. The average molecular weight is 225 g/mol. The van der Waals surface area contributed by atoms with E-state index in [-0.39, 0.29) is 5.91 Å². The van der Waals surface area contributed by atoms with E-state index < -0.39 is 0 Å². The van der Waals surface area contributed by atoms with E-state index in [0.29, 0.717) is 17.1 Å². The summed E-state index contributed by atoms with van der Waals surface area (Å²) in [5, 5.41) is 3.70. The molecule has 1 aliphatic rings. The van der Waals surface area contributed by atoms with E-state index in [0.717, 1.165) is 12.8 Å². The van der Waals surface area contributed by atoms with E-state index >= 15 is 0 Å². The molecule has 0 spiro atoms. The summed E-state index contributed by atoms with van der Waals surface area (Å²) >= 11 is 1.89. The fraction of sp³-hybridized carbons (Fsp3) is 0.545. The van der Waals surface area contributed by atoms with Crippen molar-refractivity contribution in [3.63, 3.8) is 0 Å². The average Bonchev–Trinajstić information content (AvgIpc) is 2.87. The zero-order valence-electron chi connectivity index (χ0n) is 8.73. The quantitative estimate of drug-likeness (QED) is 0.858. The molecule has 0 aromatic carbocycles. The third-order valence-electron chi connectivity index (χ3n) is 2.80. The molecule has 1 fully saturated rings. The van der Waals surface area contributed by atoms with E-state index in [4.69, 9.17) is 4.42 Å². The van der Waals surface area contributed by atoms with Crippen LogP contribution < -0.4 is 5.32 Å². The molecule has 1 aromatic rings. The number of carbonyl (C=O) groups is 1. The summed E-state index contributed by atoms with van der Waals surface area (Å²) in [6.07, 6.45) is 7.01. The Hall–Kier alpha value is -0.900. The Morgan fingerprint density at radius 2 is 2.47 bits per heavy atom. The molecule has 2 unspecified atom stereocenters. The first-order valence-corrected chi connectivity index (χ1v) is 6.45. The lowest BCUT2D eigenvalue weighted by Gasteiger charge is -2.11. The van der Waals surface area contributed by atoms with Crippen molar-refractivity contribution in [2.24, 2.45) is 0 Å². The third-order valence-corrected chi connectivity index (χ3v) is 3.89. The predicted molar refractivity (Wildman–Crippen MR) is 61.1 cm³/mol. The number of hydrogen-bond acceptors (Lipinski definition) is 3. The molecule has 82 valence electrons. The summed E-state index contributed by atoms with van der Waals surface area (Å²) in [6.45, 7) is 0. The molecule has 15 heavy (non-hydrogen) atoms. The Balaban J connectivity index is 1.86. The highest BCUT2D eigenvalue weighted by Gasteiger charge is 2.25. The van der Waals surface area contributed by atoms with Gasteiger partial charge in [-0.2, -0.15) is 11.8 Å². The van der Waals surface area contributed by atoms with Crippen molar-refractivity contribution in [1.29, 1.82) is 0 Å². The van der Waals surface area contributed by atoms with Gasteiger partial charge in [0.2, 0.25) is 0 Å². The molecule has 0 saturated heterocycles. The molecule has 0 aliphatic heterocycles. The van der Waals surface area contributed by atoms with Crippen LogP contribution in [0, 0.1) is 0 Å². The van der Waals surface area contributed by atoms with Crippen LogP contribution in [0.2, 0.25) is 0 Å². The molecule has 2 rings (SSSR count). The topological polar surface area (TPSA) is 42.2 Å². The van der Waals surface area contributed by atoms with Gasteiger partial charge in [-0.15, -0.1) is 0 Å². The van der Waals surface area contributed by atoms with Crippen molar-refractivity contribution in [3.8, 4) is 0 Å². The van der Waals surface area contributed by atoms with Crippen LogP contribution >= 0.6 is 11.8 Å². The molecule has 1 aliphatic carbocycles. The minimum Gasteiger partial charge on any atom is -0.459 e. The molecule has 1 N–H and O–H groups in total. The molecule has 1 aromatic heterocycles. The summed E-state index contributed by atoms with van der Waals surface area (Å²) < 4.78 is 5.04. The number of rotatable bonds is 3. The van der Waals surface area contributed by atoms with E-state index in [1.165, 1.54) is 12.7 Å². The van der Waals surface area contributed by atoms with Crippen LogP contribution in [0.5, 0.6) is 0 Å². The Morgan fingerprint density at radius 1 is 1.60 bits per heavy atom. The maximum Gasteiger partial charge on any atom is 0.287 e. The maximum absolute atomic E-state index is 11.6. The first-order valence-electron chi connectivity index (χ1n) is 5.16. The molecule has 0 radical (unpaired) electrons. The molecule has 0 bridgehead atoms. The fourth-order valence-corrected chi connectivity index (χ4v) is 2.75. The molecule has 1 amide bonds. The Morgan fingerprint density at radius 3 is 3.07 bits per heavy atom. The molecule has 3 nitrogen and oxygen atoms in total. The van der Waals surface area contributed by atoms with Gasteiger partial charge in [0.25, 0.3) is 5.91 Å². The van der Waals surface area contributed by atoms with Gasteiger partial charge in [-0.25, -0.2) is 0 Å². The van der Waals surface area contributed by atoms with E-state index in [9.17, 15) is 4.79 Å². The van der Waals surface area contributed by atoms with Crippen LogP contribution in [0.4, 0.5) is 0 Å². The predicted octanol–water partition coefficient (Wildman–Crippen LogP) is 2.29.